The van der Waals surface area contributed by atoms with Crippen LogP contribution in [0.5, 0.6) is 0 Å². The molecule has 1 aliphatic rings. The van der Waals surface area contributed by atoms with E-state index in [2.05, 4.69) is 64.1 Å². The van der Waals surface area contributed by atoms with Crippen molar-refractivity contribution >= 4 is 17.3 Å². The number of pyridine rings is 1. The van der Waals surface area contributed by atoms with Crippen LogP contribution in [0.3, 0.4) is 0 Å². The highest BCUT2D eigenvalue weighted by atomic mass is 16.2. The normalized spacial score (nSPS) is 14.3. The largest absolute Gasteiger partial charge is 0.367 e. The number of piperazine rings is 1. The van der Waals surface area contributed by atoms with Crippen molar-refractivity contribution in [3.05, 3.63) is 53.9 Å². The fourth-order valence-electron chi connectivity index (χ4n) is 3.25. The van der Waals surface area contributed by atoms with E-state index in [1.54, 1.807) is 6.92 Å². The van der Waals surface area contributed by atoms with E-state index in [1.165, 1.54) is 5.56 Å². The predicted molar refractivity (Wildman–Crippen MR) is 110 cm³/mol. The van der Waals surface area contributed by atoms with E-state index in [-0.39, 0.29) is 5.91 Å². The van der Waals surface area contributed by atoms with Crippen molar-refractivity contribution in [2.75, 3.05) is 43.0 Å². The van der Waals surface area contributed by atoms with Gasteiger partial charge in [-0.3, -0.25) is 9.78 Å². The van der Waals surface area contributed by atoms with Gasteiger partial charge in [-0.25, -0.2) is 5.43 Å². The number of amides is 1. The Morgan fingerprint density at radius 2 is 1.78 bits per heavy atom. The van der Waals surface area contributed by atoms with Gasteiger partial charge in [-0.05, 0) is 42.7 Å². The van der Waals surface area contributed by atoms with Gasteiger partial charge in [-0.2, -0.15) is 0 Å². The highest BCUT2D eigenvalue weighted by Crippen LogP contribution is 2.17. The van der Waals surface area contributed by atoms with Crippen molar-refractivity contribution in [2.24, 2.45) is 0 Å². The van der Waals surface area contributed by atoms with E-state index in [0.29, 0.717) is 0 Å². The Balaban J connectivity index is 1.48. The predicted octanol–water partition coefficient (Wildman–Crippen LogP) is 2.47. The zero-order valence-electron chi connectivity index (χ0n) is 16.2. The first-order chi connectivity index (χ1) is 13.2. The molecule has 0 spiro atoms. The monoisotopic (exact) mass is 367 g/mol. The molecule has 1 aliphatic heterocycles. The van der Waals surface area contributed by atoms with Crippen LogP contribution in [0.4, 0.5) is 11.4 Å². The molecule has 1 aromatic carbocycles. The summed E-state index contributed by atoms with van der Waals surface area (Å²) in [5.41, 5.74) is 10.9. The molecule has 6 heteroatoms. The lowest BCUT2D eigenvalue weighted by Crippen LogP contribution is -2.48. The number of hydrogen-bond acceptors (Lipinski definition) is 5. The fourth-order valence-corrected chi connectivity index (χ4v) is 3.25. The Morgan fingerprint density at radius 1 is 1.04 bits per heavy atom. The lowest BCUT2D eigenvalue weighted by Gasteiger charge is -2.35. The van der Waals surface area contributed by atoms with E-state index in [4.69, 9.17) is 0 Å². The van der Waals surface area contributed by atoms with Gasteiger partial charge in [0.25, 0.3) is 0 Å². The summed E-state index contributed by atoms with van der Waals surface area (Å²) >= 11 is 0. The molecule has 2 heterocycles. The number of nitrogens with zero attached hydrogens (tertiary/aromatic N) is 3. The zero-order chi connectivity index (χ0) is 19.1. The molecule has 1 amide bonds. The smallest absolute Gasteiger partial charge is 0.219 e. The average molecular weight is 367 g/mol. The number of rotatable bonds is 7. The first-order valence-electron chi connectivity index (χ1n) is 9.69. The number of carbonyl (C=O) groups is 1. The minimum atomic E-state index is 0.161. The third kappa shape index (κ3) is 5.44. The summed E-state index contributed by atoms with van der Waals surface area (Å²) in [6, 6.07) is 12.8. The zero-order valence-corrected chi connectivity index (χ0v) is 16.2. The number of hydrogen-bond donors (Lipinski definition) is 2. The van der Waals surface area contributed by atoms with Gasteiger partial charge >= 0.3 is 0 Å². The summed E-state index contributed by atoms with van der Waals surface area (Å²) in [7, 11) is 0. The number of hydrazine groups is 1. The van der Waals surface area contributed by atoms with Crippen molar-refractivity contribution in [3.8, 4) is 0 Å². The van der Waals surface area contributed by atoms with Gasteiger partial charge in [0.05, 0.1) is 11.9 Å². The standard InChI is InChI=1S/C21H29N5O/c1-3-23-24-20-8-5-18(6-9-20)4-7-19-10-11-21(16-22-19)26-14-12-25(13-15-26)17(2)27/h5-6,8-11,16,23-24H,3-4,7,12-15H2,1-2H3. The summed E-state index contributed by atoms with van der Waals surface area (Å²) in [4.78, 5) is 20.3. The number of aromatic nitrogens is 1. The molecule has 0 bridgehead atoms. The van der Waals surface area contributed by atoms with E-state index < -0.39 is 0 Å². The van der Waals surface area contributed by atoms with Crippen LogP contribution in [0.1, 0.15) is 25.1 Å². The molecule has 1 fully saturated rings. The second-order valence-corrected chi connectivity index (χ2v) is 6.85. The van der Waals surface area contributed by atoms with Crippen molar-refractivity contribution in [1.82, 2.24) is 15.3 Å². The first kappa shape index (κ1) is 19.2. The Bertz CT molecular complexity index is 721. The highest BCUT2D eigenvalue weighted by Gasteiger charge is 2.18. The minimum Gasteiger partial charge on any atom is -0.367 e. The van der Waals surface area contributed by atoms with Crippen molar-refractivity contribution in [1.29, 1.82) is 0 Å². The molecule has 6 nitrogen and oxygen atoms in total. The maximum absolute atomic E-state index is 11.4. The average Bonchev–Trinajstić information content (AvgIpc) is 2.72. The quantitative estimate of drug-likeness (QED) is 0.736. The molecule has 2 N–H and O–H groups in total. The van der Waals surface area contributed by atoms with E-state index in [9.17, 15) is 4.79 Å². The summed E-state index contributed by atoms with van der Waals surface area (Å²) in [6.07, 6.45) is 3.87. The highest BCUT2D eigenvalue weighted by molar-refractivity contribution is 5.73. The molecular weight excluding hydrogens is 338 g/mol. The third-order valence-corrected chi connectivity index (χ3v) is 4.93. The Labute approximate surface area is 161 Å². The maximum atomic E-state index is 11.4. The van der Waals surface area contributed by atoms with E-state index >= 15 is 0 Å². The van der Waals surface area contributed by atoms with Crippen LogP contribution in [0.25, 0.3) is 0 Å². The number of nitrogens with one attached hydrogen (secondary N) is 2. The van der Waals surface area contributed by atoms with Crippen LogP contribution in [0, 0.1) is 0 Å². The van der Waals surface area contributed by atoms with Gasteiger partial charge in [0.1, 0.15) is 0 Å². The van der Waals surface area contributed by atoms with Gasteiger partial charge in [-0.1, -0.05) is 19.1 Å². The lowest BCUT2D eigenvalue weighted by atomic mass is 10.1. The van der Waals surface area contributed by atoms with Crippen LogP contribution in [0.2, 0.25) is 0 Å². The molecule has 0 unspecified atom stereocenters. The van der Waals surface area contributed by atoms with Crippen LogP contribution < -0.4 is 15.8 Å². The second-order valence-electron chi connectivity index (χ2n) is 6.85. The lowest BCUT2D eigenvalue weighted by molar-refractivity contribution is -0.129. The molecule has 27 heavy (non-hydrogen) atoms. The van der Waals surface area contributed by atoms with Crippen LogP contribution in [-0.4, -0.2) is 48.5 Å². The molecule has 0 saturated carbocycles. The minimum absolute atomic E-state index is 0.161. The summed E-state index contributed by atoms with van der Waals surface area (Å²) < 4.78 is 0. The maximum Gasteiger partial charge on any atom is 0.219 e. The van der Waals surface area contributed by atoms with Gasteiger partial charge in [0.15, 0.2) is 0 Å². The van der Waals surface area contributed by atoms with Crippen LogP contribution in [0.15, 0.2) is 42.6 Å². The Morgan fingerprint density at radius 3 is 2.37 bits per heavy atom. The molecule has 0 aliphatic carbocycles. The van der Waals surface area contributed by atoms with Gasteiger partial charge in [-0.15, -0.1) is 0 Å². The van der Waals surface area contributed by atoms with Gasteiger partial charge < -0.3 is 15.2 Å². The molecule has 0 atom stereocenters. The fraction of sp³-hybridized carbons (Fsp3) is 0.429. The molecule has 1 saturated heterocycles. The Hall–Kier alpha value is -2.60. The molecule has 0 radical (unpaired) electrons. The number of carbonyl (C=O) groups excluding carboxylic acids is 1. The summed E-state index contributed by atoms with van der Waals surface area (Å²) in [5, 5.41) is 0. The third-order valence-electron chi connectivity index (χ3n) is 4.93. The van der Waals surface area contributed by atoms with Crippen molar-refractivity contribution in [2.45, 2.75) is 26.7 Å². The van der Waals surface area contributed by atoms with Gasteiger partial charge in [0, 0.05) is 51.0 Å². The molecule has 2 aromatic rings. The van der Waals surface area contributed by atoms with Crippen molar-refractivity contribution < 1.29 is 4.79 Å². The molecule has 3 rings (SSSR count). The first-order valence-corrected chi connectivity index (χ1v) is 9.69. The molecular formula is C21H29N5O. The number of anilines is 2. The number of aryl methyl sites for hydroxylation is 2. The second kappa shape index (κ2) is 9.37. The van der Waals surface area contributed by atoms with Gasteiger partial charge in [0.2, 0.25) is 5.91 Å². The topological polar surface area (TPSA) is 60.5 Å². The van der Waals surface area contributed by atoms with Crippen molar-refractivity contribution in [3.63, 3.8) is 0 Å². The van der Waals surface area contributed by atoms with E-state index in [1.807, 2.05) is 11.1 Å². The SMILES string of the molecule is CCNNc1ccc(CCc2ccc(N3CCN(C(C)=O)CC3)cn2)cc1. The van der Waals surface area contributed by atoms with Crippen LogP contribution >= 0.6 is 0 Å². The number of benzene rings is 1. The molecule has 144 valence electrons. The van der Waals surface area contributed by atoms with E-state index in [0.717, 1.165) is 62.6 Å². The molecule has 1 aromatic heterocycles. The summed E-state index contributed by atoms with van der Waals surface area (Å²) in [6.45, 7) is 7.90. The Kier molecular flexibility index (Phi) is 6.65. The van der Waals surface area contributed by atoms with Crippen LogP contribution in [-0.2, 0) is 17.6 Å². The summed E-state index contributed by atoms with van der Waals surface area (Å²) in [5.74, 6) is 0.161.